The number of aromatic nitrogens is 2. The van der Waals surface area contributed by atoms with E-state index in [1.807, 2.05) is 0 Å². The lowest BCUT2D eigenvalue weighted by atomic mass is 10.2. The van der Waals surface area contributed by atoms with Crippen LogP contribution in [0.5, 0.6) is 0 Å². The molecule has 3 amide bonds. The zero-order valence-corrected chi connectivity index (χ0v) is 18.8. The van der Waals surface area contributed by atoms with Crippen LogP contribution in [-0.2, 0) is 14.6 Å². The van der Waals surface area contributed by atoms with Gasteiger partial charge in [0.15, 0.2) is 5.69 Å². The molecule has 0 spiro atoms. The molecule has 0 unspecified atom stereocenters. The molecule has 12 heteroatoms. The van der Waals surface area contributed by atoms with E-state index in [4.69, 9.17) is 0 Å². The van der Waals surface area contributed by atoms with Crippen molar-refractivity contribution in [3.8, 4) is 0 Å². The van der Waals surface area contributed by atoms with Crippen LogP contribution in [0.2, 0.25) is 0 Å². The number of pyridine rings is 1. The van der Waals surface area contributed by atoms with Crippen molar-refractivity contribution in [1.29, 1.82) is 0 Å². The highest BCUT2D eigenvalue weighted by molar-refractivity contribution is 8.18. The minimum atomic E-state index is -3.69. The van der Waals surface area contributed by atoms with Crippen molar-refractivity contribution >= 4 is 50.2 Å². The zero-order chi connectivity index (χ0) is 23.8. The van der Waals surface area contributed by atoms with Gasteiger partial charge in [0.25, 0.3) is 17.1 Å². The number of imide groups is 1. The molecule has 3 heterocycles. The van der Waals surface area contributed by atoms with Crippen molar-refractivity contribution < 1.29 is 27.2 Å². The van der Waals surface area contributed by atoms with Crippen molar-refractivity contribution in [2.24, 2.45) is 0 Å². The van der Waals surface area contributed by atoms with E-state index in [9.17, 15) is 27.2 Å². The van der Waals surface area contributed by atoms with Crippen LogP contribution >= 0.6 is 11.8 Å². The van der Waals surface area contributed by atoms with Crippen molar-refractivity contribution in [3.05, 3.63) is 70.6 Å². The number of nitrogens with one attached hydrogen (secondary N) is 1. The number of rotatable bonds is 6. The van der Waals surface area contributed by atoms with E-state index in [1.165, 1.54) is 34.9 Å². The number of halogens is 1. The third-order valence-corrected chi connectivity index (χ3v) is 6.61. The molecule has 0 aliphatic carbocycles. The second-order valence-electron chi connectivity index (χ2n) is 7.08. The number of hydrogen-bond acceptors (Lipinski definition) is 7. The van der Waals surface area contributed by atoms with Gasteiger partial charge in [-0.2, -0.15) is 0 Å². The second kappa shape index (κ2) is 8.79. The molecule has 170 valence electrons. The lowest BCUT2D eigenvalue weighted by Crippen LogP contribution is -2.37. The molecule has 33 heavy (non-hydrogen) atoms. The van der Waals surface area contributed by atoms with E-state index < -0.39 is 32.7 Å². The van der Waals surface area contributed by atoms with Crippen LogP contribution < -0.4 is 5.32 Å². The predicted octanol–water partition coefficient (Wildman–Crippen LogP) is 2.34. The number of fused-ring (bicyclic) bond motifs is 1. The summed E-state index contributed by atoms with van der Waals surface area (Å²) in [5.41, 5.74) is 0.392. The number of hydrogen-bond donors (Lipinski definition) is 1. The first-order valence-corrected chi connectivity index (χ1v) is 12.3. The Balaban J connectivity index is 1.46. The van der Waals surface area contributed by atoms with Gasteiger partial charge in [0.2, 0.25) is 15.0 Å². The average molecular weight is 489 g/mol. The summed E-state index contributed by atoms with van der Waals surface area (Å²) in [5, 5.41) is 1.74. The second-order valence-corrected chi connectivity index (χ2v) is 9.98. The summed E-state index contributed by atoms with van der Waals surface area (Å²) >= 11 is 0.685. The number of amides is 3. The highest BCUT2D eigenvalue weighted by atomic mass is 32.2. The van der Waals surface area contributed by atoms with Crippen molar-refractivity contribution in [2.75, 3.05) is 19.3 Å². The molecule has 0 atom stereocenters. The molecule has 1 N–H and O–H groups in total. The highest BCUT2D eigenvalue weighted by Gasteiger charge is 2.35. The fourth-order valence-corrected chi connectivity index (χ4v) is 4.86. The molecular weight excluding hydrogens is 471 g/mol. The third-order valence-electron chi connectivity index (χ3n) is 4.75. The Kier molecular flexibility index (Phi) is 6.04. The molecular formula is C21H17FN4O5S2. The van der Waals surface area contributed by atoms with Gasteiger partial charge in [-0.3, -0.25) is 23.7 Å². The minimum absolute atomic E-state index is 0.0781. The quantitative estimate of drug-likeness (QED) is 0.529. The highest BCUT2D eigenvalue weighted by Crippen LogP contribution is 2.32. The van der Waals surface area contributed by atoms with Gasteiger partial charge in [0.1, 0.15) is 5.82 Å². The Morgan fingerprint density at radius 1 is 1.18 bits per heavy atom. The first-order valence-electron chi connectivity index (χ1n) is 9.62. The molecule has 1 aromatic carbocycles. The Morgan fingerprint density at radius 2 is 1.91 bits per heavy atom. The maximum absolute atomic E-state index is 13.8. The van der Waals surface area contributed by atoms with Crippen LogP contribution in [-0.4, -0.2) is 59.1 Å². The lowest BCUT2D eigenvalue weighted by Gasteiger charge is -2.12. The maximum atomic E-state index is 13.8. The van der Waals surface area contributed by atoms with Crippen molar-refractivity contribution in [3.63, 3.8) is 0 Å². The molecule has 0 radical (unpaired) electrons. The standard InChI is InChI=1S/C21H17FN4O5S2/c1-33(30,31)20-24-17(15-8-4-5-10-25(15)20)18(27)23-9-11-26-19(28)16(32-21(26)29)12-13-6-2-3-7-14(13)22/h2-8,10,12H,9,11H2,1H3,(H,23,27)/b16-12+. The Bertz CT molecular complexity index is 1430. The first kappa shape index (κ1) is 22.7. The molecule has 1 saturated heterocycles. The lowest BCUT2D eigenvalue weighted by molar-refractivity contribution is -0.122. The van der Waals surface area contributed by atoms with Gasteiger partial charge in [-0.25, -0.2) is 17.8 Å². The molecule has 1 aliphatic rings. The largest absolute Gasteiger partial charge is 0.349 e. The number of carbonyl (C=O) groups is 3. The summed E-state index contributed by atoms with van der Waals surface area (Å²) in [5.74, 6) is -1.76. The van der Waals surface area contributed by atoms with Crippen molar-refractivity contribution in [2.45, 2.75) is 5.16 Å². The number of nitrogens with zero attached hydrogens (tertiary/aromatic N) is 3. The fraction of sp³-hybridized carbons (Fsp3) is 0.143. The number of benzene rings is 1. The van der Waals surface area contributed by atoms with Gasteiger partial charge in [-0.05, 0) is 36.0 Å². The van der Waals surface area contributed by atoms with Crippen LogP contribution in [0.1, 0.15) is 16.1 Å². The van der Waals surface area contributed by atoms with Gasteiger partial charge in [0, 0.05) is 31.1 Å². The van der Waals surface area contributed by atoms with Crippen LogP contribution in [0.3, 0.4) is 0 Å². The summed E-state index contributed by atoms with van der Waals surface area (Å²) in [6.07, 6.45) is 3.78. The fourth-order valence-electron chi connectivity index (χ4n) is 3.23. The first-order chi connectivity index (χ1) is 15.7. The van der Waals surface area contributed by atoms with Crippen LogP contribution in [0.25, 0.3) is 11.6 Å². The third kappa shape index (κ3) is 4.52. The Hall–Kier alpha value is -3.51. The Labute approximate surface area is 192 Å². The molecule has 3 aromatic rings. The summed E-state index contributed by atoms with van der Waals surface area (Å²) in [7, 11) is -3.69. The number of imidazole rings is 1. The summed E-state index contributed by atoms with van der Waals surface area (Å²) in [6, 6.07) is 10.7. The topological polar surface area (TPSA) is 118 Å². The Morgan fingerprint density at radius 3 is 2.64 bits per heavy atom. The van der Waals surface area contributed by atoms with Gasteiger partial charge in [0.05, 0.1) is 10.4 Å². The predicted molar refractivity (Wildman–Crippen MR) is 120 cm³/mol. The van der Waals surface area contributed by atoms with Gasteiger partial charge >= 0.3 is 0 Å². The number of sulfone groups is 1. The van der Waals surface area contributed by atoms with Gasteiger partial charge in [-0.1, -0.05) is 24.3 Å². The average Bonchev–Trinajstić information content (AvgIpc) is 3.28. The van der Waals surface area contributed by atoms with Gasteiger partial charge in [-0.15, -0.1) is 0 Å². The SMILES string of the molecule is CS(=O)(=O)c1nc(C(=O)NCCN2C(=O)S/C(=C/c3ccccc3F)C2=O)c2ccccn12. The number of thioether (sulfide) groups is 1. The summed E-state index contributed by atoms with van der Waals surface area (Å²) in [4.78, 5) is 42.5. The van der Waals surface area contributed by atoms with Crippen LogP contribution in [0.15, 0.2) is 58.7 Å². The molecule has 9 nitrogen and oxygen atoms in total. The molecule has 4 rings (SSSR count). The summed E-state index contributed by atoms with van der Waals surface area (Å²) in [6.45, 7) is -0.195. The van der Waals surface area contributed by atoms with Crippen LogP contribution in [0, 0.1) is 5.82 Å². The number of carbonyl (C=O) groups excluding carboxylic acids is 3. The molecule has 1 aliphatic heterocycles. The van der Waals surface area contributed by atoms with E-state index in [1.54, 1.807) is 24.3 Å². The van der Waals surface area contributed by atoms with Gasteiger partial charge < -0.3 is 5.32 Å². The maximum Gasteiger partial charge on any atom is 0.293 e. The van der Waals surface area contributed by atoms with E-state index in [-0.39, 0.29) is 34.4 Å². The molecule has 1 fully saturated rings. The molecule has 2 aromatic heterocycles. The normalized spacial score (nSPS) is 15.6. The molecule has 0 bridgehead atoms. The molecule has 0 saturated carbocycles. The summed E-state index contributed by atoms with van der Waals surface area (Å²) < 4.78 is 39.1. The van der Waals surface area contributed by atoms with E-state index in [2.05, 4.69) is 10.3 Å². The van der Waals surface area contributed by atoms with Crippen molar-refractivity contribution in [1.82, 2.24) is 19.6 Å². The van der Waals surface area contributed by atoms with Crippen LogP contribution in [0.4, 0.5) is 9.18 Å². The zero-order valence-electron chi connectivity index (χ0n) is 17.2. The van der Waals surface area contributed by atoms with E-state index in [0.717, 1.165) is 11.2 Å². The minimum Gasteiger partial charge on any atom is -0.349 e. The monoisotopic (exact) mass is 488 g/mol. The smallest absolute Gasteiger partial charge is 0.293 e. The van der Waals surface area contributed by atoms with E-state index in [0.29, 0.717) is 17.3 Å². The van der Waals surface area contributed by atoms with E-state index >= 15 is 0 Å².